The summed E-state index contributed by atoms with van der Waals surface area (Å²) in [5, 5.41) is 7.32. The molecule has 0 radical (unpaired) electrons. The lowest BCUT2D eigenvalue weighted by Crippen LogP contribution is -2.26. The van der Waals surface area contributed by atoms with Crippen LogP contribution in [-0.2, 0) is 6.42 Å². The maximum absolute atomic E-state index is 12.3. The van der Waals surface area contributed by atoms with E-state index in [-0.39, 0.29) is 11.5 Å². The lowest BCUT2D eigenvalue weighted by molar-refractivity contribution is 0.0954. The number of aromatic nitrogens is 2. The minimum absolute atomic E-state index is 0.241. The van der Waals surface area contributed by atoms with Gasteiger partial charge in [-0.3, -0.25) is 9.59 Å². The molecule has 3 aromatic rings. The van der Waals surface area contributed by atoms with E-state index >= 15 is 0 Å². The van der Waals surface area contributed by atoms with E-state index in [4.69, 9.17) is 4.52 Å². The summed E-state index contributed by atoms with van der Waals surface area (Å²) in [5.41, 5.74) is 1.81. The lowest BCUT2D eigenvalue weighted by Gasteiger charge is -2.07. The zero-order chi connectivity index (χ0) is 16.2. The number of aromatic amines is 1. The summed E-state index contributed by atoms with van der Waals surface area (Å²) in [5.74, 6) is 0.561. The third-order valence-corrected chi connectivity index (χ3v) is 3.75. The molecule has 6 nitrogen and oxygen atoms in total. The van der Waals surface area contributed by atoms with E-state index in [9.17, 15) is 9.59 Å². The molecular weight excluding hydrogens is 294 g/mol. The Balaban J connectivity index is 1.67. The van der Waals surface area contributed by atoms with E-state index in [1.54, 1.807) is 12.3 Å². The molecule has 0 atom stereocenters. The van der Waals surface area contributed by atoms with Crippen LogP contribution < -0.4 is 10.9 Å². The fourth-order valence-corrected chi connectivity index (χ4v) is 2.53. The topological polar surface area (TPSA) is 88.0 Å². The van der Waals surface area contributed by atoms with Gasteiger partial charge in [-0.1, -0.05) is 23.4 Å². The molecular formula is C17H17N3O3. The van der Waals surface area contributed by atoms with Gasteiger partial charge < -0.3 is 14.8 Å². The second-order valence-corrected chi connectivity index (χ2v) is 5.36. The second-order valence-electron chi connectivity index (χ2n) is 5.36. The quantitative estimate of drug-likeness (QED) is 0.707. The number of nitrogens with one attached hydrogen (secondary N) is 2. The summed E-state index contributed by atoms with van der Waals surface area (Å²) in [7, 11) is 0. The predicted molar refractivity (Wildman–Crippen MR) is 86.5 cm³/mol. The highest BCUT2D eigenvalue weighted by atomic mass is 16.5. The highest BCUT2D eigenvalue weighted by Gasteiger charge is 2.11. The summed E-state index contributed by atoms with van der Waals surface area (Å²) in [6.45, 7) is 2.38. The second kappa shape index (κ2) is 6.48. The Morgan fingerprint density at radius 1 is 1.35 bits per heavy atom. The SMILES string of the molecule is Cc1oncc1CCCNC(=O)c1cc(=O)[nH]c2ccccc12. The van der Waals surface area contributed by atoms with E-state index < -0.39 is 0 Å². The molecule has 0 spiro atoms. The van der Waals surface area contributed by atoms with Gasteiger partial charge in [0.2, 0.25) is 5.56 Å². The molecule has 1 amide bonds. The van der Waals surface area contributed by atoms with Gasteiger partial charge in [0.05, 0.1) is 11.8 Å². The van der Waals surface area contributed by atoms with Crippen molar-refractivity contribution in [1.29, 1.82) is 0 Å². The van der Waals surface area contributed by atoms with Gasteiger partial charge in [-0.2, -0.15) is 0 Å². The van der Waals surface area contributed by atoms with Crippen LogP contribution >= 0.6 is 0 Å². The van der Waals surface area contributed by atoms with Crippen molar-refractivity contribution in [3.63, 3.8) is 0 Å². The Morgan fingerprint density at radius 3 is 2.96 bits per heavy atom. The Morgan fingerprint density at radius 2 is 2.17 bits per heavy atom. The molecule has 0 saturated carbocycles. The molecule has 0 aliphatic rings. The molecule has 3 rings (SSSR count). The van der Waals surface area contributed by atoms with Crippen molar-refractivity contribution in [1.82, 2.24) is 15.5 Å². The monoisotopic (exact) mass is 311 g/mol. The molecule has 6 heteroatoms. The minimum Gasteiger partial charge on any atom is -0.361 e. The third kappa shape index (κ3) is 3.31. The summed E-state index contributed by atoms with van der Waals surface area (Å²) in [4.78, 5) is 26.7. The summed E-state index contributed by atoms with van der Waals surface area (Å²) in [6.07, 6.45) is 3.25. The van der Waals surface area contributed by atoms with Crippen LogP contribution in [0.25, 0.3) is 10.9 Å². The van der Waals surface area contributed by atoms with E-state index in [0.717, 1.165) is 29.6 Å². The first-order valence-corrected chi connectivity index (χ1v) is 7.45. The van der Waals surface area contributed by atoms with Gasteiger partial charge in [0.25, 0.3) is 5.91 Å². The number of para-hydroxylation sites is 1. The van der Waals surface area contributed by atoms with Crippen molar-refractivity contribution in [3.8, 4) is 0 Å². The standard InChI is InChI=1S/C17H17N3O3/c1-11-12(10-19-23-11)5-4-8-18-17(22)14-9-16(21)20-15-7-3-2-6-13(14)15/h2-3,6-7,9-10H,4-5,8H2,1H3,(H,18,22)(H,20,21). The predicted octanol–water partition coefficient (Wildman–Crippen LogP) is 2.19. The van der Waals surface area contributed by atoms with Gasteiger partial charge in [0.1, 0.15) is 5.76 Å². The van der Waals surface area contributed by atoms with Gasteiger partial charge in [-0.15, -0.1) is 0 Å². The number of H-pyrrole nitrogens is 1. The first-order valence-electron chi connectivity index (χ1n) is 7.45. The van der Waals surface area contributed by atoms with E-state index in [1.165, 1.54) is 6.07 Å². The van der Waals surface area contributed by atoms with Crippen LogP contribution in [0.1, 0.15) is 28.1 Å². The Bertz CT molecular complexity index is 895. The first kappa shape index (κ1) is 15.0. The minimum atomic E-state index is -0.283. The van der Waals surface area contributed by atoms with Gasteiger partial charge >= 0.3 is 0 Å². The van der Waals surface area contributed by atoms with Gasteiger partial charge in [0.15, 0.2) is 0 Å². The summed E-state index contributed by atoms with van der Waals surface area (Å²) < 4.78 is 5.00. The van der Waals surface area contributed by atoms with Crippen molar-refractivity contribution in [3.05, 3.63) is 63.8 Å². The number of nitrogens with zero attached hydrogens (tertiary/aromatic N) is 1. The molecule has 0 saturated heterocycles. The fourth-order valence-electron chi connectivity index (χ4n) is 2.53. The smallest absolute Gasteiger partial charge is 0.252 e. The zero-order valence-electron chi connectivity index (χ0n) is 12.8. The van der Waals surface area contributed by atoms with E-state index in [2.05, 4.69) is 15.5 Å². The average Bonchev–Trinajstić information content (AvgIpc) is 2.95. The fraction of sp³-hybridized carbons (Fsp3) is 0.235. The third-order valence-electron chi connectivity index (χ3n) is 3.75. The number of fused-ring (bicyclic) bond motifs is 1. The number of amides is 1. The molecule has 0 aliphatic carbocycles. The maximum atomic E-state index is 12.3. The molecule has 0 aliphatic heterocycles. The van der Waals surface area contributed by atoms with Crippen molar-refractivity contribution in [2.75, 3.05) is 6.54 Å². The molecule has 23 heavy (non-hydrogen) atoms. The summed E-state index contributed by atoms with van der Waals surface area (Å²) in [6, 6.07) is 8.60. The number of carbonyl (C=O) groups excluding carboxylic acids is 1. The van der Waals surface area contributed by atoms with E-state index in [1.807, 2.05) is 25.1 Å². The molecule has 2 aromatic heterocycles. The number of carbonyl (C=O) groups is 1. The Labute approximate surface area is 132 Å². The first-order chi connectivity index (χ1) is 11.1. The van der Waals surface area contributed by atoms with Crippen molar-refractivity contribution in [2.45, 2.75) is 19.8 Å². The molecule has 118 valence electrons. The van der Waals surface area contributed by atoms with Crippen LogP contribution in [0.5, 0.6) is 0 Å². The van der Waals surface area contributed by atoms with Crippen LogP contribution in [0, 0.1) is 6.92 Å². The van der Waals surface area contributed by atoms with Crippen molar-refractivity contribution < 1.29 is 9.32 Å². The highest BCUT2D eigenvalue weighted by Crippen LogP contribution is 2.14. The highest BCUT2D eigenvalue weighted by molar-refractivity contribution is 6.05. The zero-order valence-corrected chi connectivity index (χ0v) is 12.8. The molecule has 0 bridgehead atoms. The number of hydrogen-bond donors (Lipinski definition) is 2. The lowest BCUT2D eigenvalue weighted by atomic mass is 10.1. The van der Waals surface area contributed by atoms with Gasteiger partial charge in [0, 0.05) is 29.1 Å². The molecule has 2 heterocycles. The van der Waals surface area contributed by atoms with Crippen LogP contribution in [0.3, 0.4) is 0 Å². The molecule has 0 fully saturated rings. The Hall–Kier alpha value is -2.89. The van der Waals surface area contributed by atoms with Crippen LogP contribution in [-0.4, -0.2) is 22.6 Å². The largest absolute Gasteiger partial charge is 0.361 e. The van der Waals surface area contributed by atoms with E-state index in [0.29, 0.717) is 17.6 Å². The number of aryl methyl sites for hydroxylation is 2. The molecule has 2 N–H and O–H groups in total. The number of pyridine rings is 1. The number of hydrogen-bond acceptors (Lipinski definition) is 4. The van der Waals surface area contributed by atoms with Crippen molar-refractivity contribution >= 4 is 16.8 Å². The normalized spacial score (nSPS) is 10.8. The number of benzene rings is 1. The Kier molecular flexibility index (Phi) is 4.23. The van der Waals surface area contributed by atoms with Gasteiger partial charge in [-0.25, -0.2) is 0 Å². The summed E-state index contributed by atoms with van der Waals surface area (Å²) >= 11 is 0. The van der Waals surface area contributed by atoms with Crippen LogP contribution in [0.15, 0.2) is 45.8 Å². The van der Waals surface area contributed by atoms with Crippen LogP contribution in [0.4, 0.5) is 0 Å². The maximum Gasteiger partial charge on any atom is 0.252 e. The average molecular weight is 311 g/mol. The van der Waals surface area contributed by atoms with Gasteiger partial charge in [-0.05, 0) is 25.8 Å². The van der Waals surface area contributed by atoms with Crippen LogP contribution in [0.2, 0.25) is 0 Å². The van der Waals surface area contributed by atoms with Crippen molar-refractivity contribution in [2.24, 2.45) is 0 Å². The number of rotatable bonds is 5. The molecule has 0 unspecified atom stereocenters. The molecule has 1 aromatic carbocycles.